The number of benzene rings is 1. The minimum absolute atomic E-state index is 0.0138. The summed E-state index contributed by atoms with van der Waals surface area (Å²) in [5.74, 6) is 1.62. The molecule has 2 aromatic rings. The van der Waals surface area contributed by atoms with E-state index in [0.29, 0.717) is 6.42 Å². The summed E-state index contributed by atoms with van der Waals surface area (Å²) in [5, 5.41) is 7.38. The van der Waals surface area contributed by atoms with Gasteiger partial charge in [0.05, 0.1) is 11.8 Å². The number of ether oxygens (including phenoxy) is 1. The van der Waals surface area contributed by atoms with Crippen LogP contribution in [0.2, 0.25) is 0 Å². The van der Waals surface area contributed by atoms with Crippen LogP contribution in [0.3, 0.4) is 0 Å². The van der Waals surface area contributed by atoms with Crippen molar-refractivity contribution in [3.63, 3.8) is 0 Å². The second-order valence-electron chi connectivity index (χ2n) is 5.98. The molecule has 1 aliphatic rings. The highest BCUT2D eigenvalue weighted by atomic mass is 16.5. The highest BCUT2D eigenvalue weighted by molar-refractivity contribution is 5.94. The van der Waals surface area contributed by atoms with Gasteiger partial charge in [-0.05, 0) is 26.8 Å². The molecular formula is C17H21N3O2. The van der Waals surface area contributed by atoms with Gasteiger partial charge < -0.3 is 10.1 Å². The quantitative estimate of drug-likeness (QED) is 0.948. The standard InChI is InChI=1S/C17H21N3O2/c1-10(2)22-14-8-6-5-7-12(14)13-9-15(21)18-17-16(13)11(3)19-20(17)4/h5-8,10,13H,9H2,1-4H3,(H,18,21). The van der Waals surface area contributed by atoms with E-state index in [1.54, 1.807) is 4.68 Å². The highest BCUT2D eigenvalue weighted by Gasteiger charge is 2.33. The number of aromatic nitrogens is 2. The first-order chi connectivity index (χ1) is 10.5. The smallest absolute Gasteiger partial charge is 0.226 e. The lowest BCUT2D eigenvalue weighted by molar-refractivity contribution is -0.116. The maximum Gasteiger partial charge on any atom is 0.226 e. The number of nitrogens with one attached hydrogen (secondary N) is 1. The first-order valence-corrected chi connectivity index (χ1v) is 7.56. The summed E-state index contributed by atoms with van der Waals surface area (Å²) in [4.78, 5) is 12.1. The van der Waals surface area contributed by atoms with Crippen molar-refractivity contribution in [3.05, 3.63) is 41.1 Å². The molecule has 22 heavy (non-hydrogen) atoms. The Hall–Kier alpha value is -2.30. The van der Waals surface area contributed by atoms with Gasteiger partial charge >= 0.3 is 0 Å². The molecule has 2 heterocycles. The summed E-state index contributed by atoms with van der Waals surface area (Å²) < 4.78 is 7.67. The largest absolute Gasteiger partial charge is 0.491 e. The van der Waals surface area contributed by atoms with Crippen molar-refractivity contribution in [2.45, 2.75) is 39.2 Å². The van der Waals surface area contributed by atoms with E-state index in [4.69, 9.17) is 4.74 Å². The van der Waals surface area contributed by atoms with Gasteiger partial charge in [-0.2, -0.15) is 5.10 Å². The molecule has 0 aliphatic carbocycles. The minimum Gasteiger partial charge on any atom is -0.491 e. The van der Waals surface area contributed by atoms with E-state index in [2.05, 4.69) is 10.4 Å². The van der Waals surface area contributed by atoms with E-state index >= 15 is 0 Å². The van der Waals surface area contributed by atoms with Crippen LogP contribution in [0, 0.1) is 6.92 Å². The van der Waals surface area contributed by atoms with Crippen molar-refractivity contribution in [2.75, 3.05) is 5.32 Å². The predicted molar refractivity (Wildman–Crippen MR) is 85.2 cm³/mol. The van der Waals surface area contributed by atoms with Crippen molar-refractivity contribution in [1.29, 1.82) is 0 Å². The lowest BCUT2D eigenvalue weighted by atomic mass is 9.85. The third-order valence-corrected chi connectivity index (χ3v) is 3.92. The van der Waals surface area contributed by atoms with Crippen molar-refractivity contribution in [3.8, 4) is 5.75 Å². The van der Waals surface area contributed by atoms with E-state index in [-0.39, 0.29) is 17.9 Å². The molecule has 3 rings (SSSR count). The molecule has 1 aromatic carbocycles. The van der Waals surface area contributed by atoms with Crippen LogP contribution in [0.5, 0.6) is 5.75 Å². The Balaban J connectivity index is 2.12. The number of hydrogen-bond acceptors (Lipinski definition) is 3. The molecule has 116 valence electrons. The van der Waals surface area contributed by atoms with E-state index in [1.165, 1.54) is 0 Å². The summed E-state index contributed by atoms with van der Waals surface area (Å²) >= 11 is 0. The molecule has 1 aromatic heterocycles. The van der Waals surface area contributed by atoms with Crippen LogP contribution in [0.1, 0.15) is 43.0 Å². The van der Waals surface area contributed by atoms with Crippen molar-refractivity contribution < 1.29 is 9.53 Å². The zero-order valence-electron chi connectivity index (χ0n) is 13.4. The molecular weight excluding hydrogens is 278 g/mol. The Bertz CT molecular complexity index is 719. The SMILES string of the molecule is Cc1nn(C)c2c1C(c1ccccc1OC(C)C)CC(=O)N2. The van der Waals surface area contributed by atoms with Crippen LogP contribution in [0.25, 0.3) is 0 Å². The van der Waals surface area contributed by atoms with Crippen molar-refractivity contribution in [2.24, 2.45) is 7.05 Å². The van der Waals surface area contributed by atoms with Gasteiger partial charge in [0, 0.05) is 30.5 Å². The van der Waals surface area contributed by atoms with Crippen LogP contribution in [0.4, 0.5) is 5.82 Å². The van der Waals surface area contributed by atoms with Gasteiger partial charge in [0.25, 0.3) is 0 Å². The summed E-state index contributed by atoms with van der Waals surface area (Å²) in [6, 6.07) is 7.95. The lowest BCUT2D eigenvalue weighted by Gasteiger charge is -2.26. The van der Waals surface area contributed by atoms with E-state index < -0.39 is 0 Å². The molecule has 1 unspecified atom stereocenters. The summed E-state index contributed by atoms with van der Waals surface area (Å²) in [6.07, 6.45) is 0.505. The Morgan fingerprint density at radius 3 is 2.82 bits per heavy atom. The minimum atomic E-state index is -0.0209. The molecule has 0 saturated heterocycles. The Kier molecular flexibility index (Phi) is 3.64. The fourth-order valence-electron chi connectivity index (χ4n) is 3.11. The first-order valence-electron chi connectivity index (χ1n) is 7.56. The third kappa shape index (κ3) is 2.47. The molecule has 0 radical (unpaired) electrons. The molecule has 1 N–H and O–H groups in total. The number of para-hydroxylation sites is 1. The van der Waals surface area contributed by atoms with Crippen molar-refractivity contribution >= 4 is 11.7 Å². The number of amides is 1. The van der Waals surface area contributed by atoms with Crippen LogP contribution >= 0.6 is 0 Å². The maximum absolute atomic E-state index is 12.1. The molecule has 1 amide bonds. The Morgan fingerprint density at radius 2 is 2.09 bits per heavy atom. The zero-order valence-corrected chi connectivity index (χ0v) is 13.4. The van der Waals surface area contributed by atoms with E-state index in [0.717, 1.165) is 28.4 Å². The number of aryl methyl sites for hydroxylation is 2. The monoisotopic (exact) mass is 299 g/mol. The summed E-state index contributed by atoms with van der Waals surface area (Å²) in [5.41, 5.74) is 3.08. The number of anilines is 1. The lowest BCUT2D eigenvalue weighted by Crippen LogP contribution is -2.25. The summed E-state index contributed by atoms with van der Waals surface area (Å²) in [6.45, 7) is 5.99. The van der Waals surface area contributed by atoms with Crippen LogP contribution in [0.15, 0.2) is 24.3 Å². The Labute approximate surface area is 130 Å². The van der Waals surface area contributed by atoms with Gasteiger partial charge in [-0.1, -0.05) is 18.2 Å². The summed E-state index contributed by atoms with van der Waals surface area (Å²) in [7, 11) is 1.85. The zero-order chi connectivity index (χ0) is 15.9. The molecule has 5 heteroatoms. The number of carbonyl (C=O) groups is 1. The van der Waals surface area contributed by atoms with Gasteiger partial charge in [0.2, 0.25) is 5.91 Å². The predicted octanol–water partition coefficient (Wildman–Crippen LogP) is 2.99. The van der Waals surface area contributed by atoms with E-state index in [9.17, 15) is 4.79 Å². The van der Waals surface area contributed by atoms with Crippen LogP contribution in [-0.4, -0.2) is 21.8 Å². The number of nitrogens with zero attached hydrogens (tertiary/aromatic N) is 2. The highest BCUT2D eigenvalue weighted by Crippen LogP contribution is 2.42. The Morgan fingerprint density at radius 1 is 1.36 bits per heavy atom. The van der Waals surface area contributed by atoms with Crippen LogP contribution in [-0.2, 0) is 11.8 Å². The number of hydrogen-bond donors (Lipinski definition) is 1. The van der Waals surface area contributed by atoms with Gasteiger partial charge in [-0.3, -0.25) is 9.48 Å². The number of fused-ring (bicyclic) bond motifs is 1. The average molecular weight is 299 g/mol. The number of rotatable bonds is 3. The fraction of sp³-hybridized carbons (Fsp3) is 0.412. The van der Waals surface area contributed by atoms with Crippen LogP contribution < -0.4 is 10.1 Å². The normalized spacial score (nSPS) is 17.3. The van der Waals surface area contributed by atoms with Gasteiger partial charge in [0.15, 0.2) is 0 Å². The third-order valence-electron chi connectivity index (χ3n) is 3.92. The fourth-order valence-corrected chi connectivity index (χ4v) is 3.11. The molecule has 0 saturated carbocycles. The van der Waals surface area contributed by atoms with E-state index in [1.807, 2.05) is 52.1 Å². The van der Waals surface area contributed by atoms with Gasteiger partial charge in [-0.25, -0.2) is 0 Å². The van der Waals surface area contributed by atoms with Crippen molar-refractivity contribution in [1.82, 2.24) is 9.78 Å². The second kappa shape index (κ2) is 5.48. The molecule has 0 spiro atoms. The maximum atomic E-state index is 12.1. The molecule has 5 nitrogen and oxygen atoms in total. The molecule has 0 fully saturated rings. The topological polar surface area (TPSA) is 56.2 Å². The molecule has 0 bridgehead atoms. The molecule has 1 aliphatic heterocycles. The first kappa shape index (κ1) is 14.6. The van der Waals surface area contributed by atoms with Gasteiger partial charge in [-0.15, -0.1) is 0 Å². The average Bonchev–Trinajstić information content (AvgIpc) is 2.73. The van der Waals surface area contributed by atoms with Gasteiger partial charge in [0.1, 0.15) is 11.6 Å². The number of carbonyl (C=O) groups excluding carboxylic acids is 1. The molecule has 1 atom stereocenters. The second-order valence-corrected chi connectivity index (χ2v) is 5.98.